The highest BCUT2D eigenvalue weighted by atomic mass is 32.2. The van der Waals surface area contributed by atoms with E-state index in [4.69, 9.17) is 0 Å². The van der Waals surface area contributed by atoms with Crippen LogP contribution < -0.4 is 10.5 Å². The van der Waals surface area contributed by atoms with Crippen molar-refractivity contribution in [3.63, 3.8) is 0 Å². The molecule has 2 aromatic rings. The maximum absolute atomic E-state index is 12.9. The molecule has 0 aromatic carbocycles. The van der Waals surface area contributed by atoms with E-state index in [-0.39, 0.29) is 16.4 Å². The van der Waals surface area contributed by atoms with E-state index in [0.29, 0.717) is 12.5 Å². The van der Waals surface area contributed by atoms with Gasteiger partial charge in [-0.25, -0.2) is 13.4 Å². The molecule has 2 bridgehead atoms. The Balaban J connectivity index is 1.61. The van der Waals surface area contributed by atoms with Gasteiger partial charge in [0, 0.05) is 55.8 Å². The average Bonchev–Trinajstić information content (AvgIpc) is 2.63. The van der Waals surface area contributed by atoms with E-state index in [0.717, 1.165) is 43.1 Å². The lowest BCUT2D eigenvalue weighted by Gasteiger charge is -2.43. The first-order chi connectivity index (χ1) is 13.2. The first-order valence-electron chi connectivity index (χ1n) is 9.51. The maximum Gasteiger partial charge on any atom is 0.255 e. The number of hydrogen-bond acceptors (Lipinski definition) is 6. The Hall–Kier alpha value is -2.19. The van der Waals surface area contributed by atoms with Crippen molar-refractivity contribution in [2.75, 3.05) is 38.3 Å². The number of sulfone groups is 1. The van der Waals surface area contributed by atoms with Gasteiger partial charge in [0.2, 0.25) is 0 Å². The number of piperidine rings is 1. The van der Waals surface area contributed by atoms with Crippen LogP contribution in [0, 0.1) is 5.92 Å². The maximum atomic E-state index is 12.9. The van der Waals surface area contributed by atoms with Crippen molar-refractivity contribution >= 4 is 15.7 Å². The van der Waals surface area contributed by atoms with E-state index in [9.17, 15) is 13.2 Å². The molecule has 0 N–H and O–H groups in total. The topological polar surface area (TPSA) is 75.5 Å². The summed E-state index contributed by atoms with van der Waals surface area (Å²) >= 11 is 0. The first kappa shape index (κ1) is 19.1. The molecule has 0 spiro atoms. The number of rotatable bonds is 4. The van der Waals surface area contributed by atoms with Crippen LogP contribution in [-0.2, 0) is 22.9 Å². The molecule has 2 aliphatic rings. The van der Waals surface area contributed by atoms with E-state index in [1.54, 1.807) is 12.1 Å². The first-order valence-corrected chi connectivity index (χ1v) is 11.4. The van der Waals surface area contributed by atoms with Crippen molar-refractivity contribution in [3.8, 4) is 0 Å². The summed E-state index contributed by atoms with van der Waals surface area (Å²) in [5.41, 5.74) is 2.06. The summed E-state index contributed by atoms with van der Waals surface area (Å²) in [5, 5.41) is 0. The predicted molar refractivity (Wildman–Crippen MR) is 109 cm³/mol. The molecule has 28 heavy (non-hydrogen) atoms. The third kappa shape index (κ3) is 3.58. The summed E-state index contributed by atoms with van der Waals surface area (Å²) < 4.78 is 25.3. The van der Waals surface area contributed by atoms with Crippen LogP contribution in [0.1, 0.15) is 23.6 Å². The summed E-state index contributed by atoms with van der Waals surface area (Å²) in [4.78, 5) is 21.8. The van der Waals surface area contributed by atoms with Crippen LogP contribution in [0.25, 0.3) is 0 Å². The second-order valence-corrected chi connectivity index (χ2v) is 10.3. The minimum Gasteiger partial charge on any atom is -0.356 e. The van der Waals surface area contributed by atoms with E-state index >= 15 is 0 Å². The zero-order chi connectivity index (χ0) is 20.1. The molecule has 150 valence electrons. The molecule has 1 fully saturated rings. The summed E-state index contributed by atoms with van der Waals surface area (Å²) in [6.45, 7) is 2.99. The third-order valence-electron chi connectivity index (χ3n) is 5.64. The fraction of sp³-hybridized carbons (Fsp3) is 0.500. The summed E-state index contributed by atoms with van der Waals surface area (Å²) in [6, 6.07) is 7.47. The molecule has 2 aromatic heterocycles. The van der Waals surface area contributed by atoms with Gasteiger partial charge in [-0.15, -0.1) is 0 Å². The van der Waals surface area contributed by atoms with Gasteiger partial charge in [0.25, 0.3) is 5.56 Å². The lowest BCUT2D eigenvalue weighted by Crippen LogP contribution is -2.48. The molecule has 7 nitrogen and oxygen atoms in total. The molecule has 0 aliphatic carbocycles. The molecule has 2 aliphatic heterocycles. The smallest absolute Gasteiger partial charge is 0.255 e. The molecule has 0 unspecified atom stereocenters. The van der Waals surface area contributed by atoms with Gasteiger partial charge in [-0.3, -0.25) is 4.79 Å². The van der Waals surface area contributed by atoms with Crippen LogP contribution in [0.3, 0.4) is 0 Å². The second kappa shape index (κ2) is 7.00. The van der Waals surface area contributed by atoms with Gasteiger partial charge in [-0.2, -0.15) is 0 Å². The molecule has 2 atom stereocenters. The molecule has 0 amide bonds. The fourth-order valence-corrected chi connectivity index (χ4v) is 4.98. The molecule has 0 saturated carbocycles. The van der Waals surface area contributed by atoms with Crippen LogP contribution in [0.2, 0.25) is 0 Å². The van der Waals surface area contributed by atoms with Crippen molar-refractivity contribution in [3.05, 3.63) is 52.1 Å². The lowest BCUT2D eigenvalue weighted by atomic mass is 9.83. The number of pyridine rings is 2. The van der Waals surface area contributed by atoms with Crippen molar-refractivity contribution in [2.45, 2.75) is 30.3 Å². The highest BCUT2D eigenvalue weighted by Crippen LogP contribution is 2.36. The zero-order valence-electron chi connectivity index (χ0n) is 16.5. The van der Waals surface area contributed by atoms with Crippen LogP contribution in [0.4, 0.5) is 5.82 Å². The molecule has 4 heterocycles. The Morgan fingerprint density at radius 3 is 2.57 bits per heavy atom. The molecule has 4 rings (SSSR count). The third-order valence-corrected chi connectivity index (χ3v) is 6.74. The van der Waals surface area contributed by atoms with Crippen molar-refractivity contribution in [1.29, 1.82) is 0 Å². The minimum atomic E-state index is -3.25. The van der Waals surface area contributed by atoms with E-state index < -0.39 is 9.84 Å². The van der Waals surface area contributed by atoms with Gasteiger partial charge in [-0.05, 0) is 44.6 Å². The van der Waals surface area contributed by atoms with Crippen molar-refractivity contribution in [2.24, 2.45) is 5.92 Å². The van der Waals surface area contributed by atoms with Gasteiger partial charge in [-0.1, -0.05) is 6.07 Å². The second-order valence-electron chi connectivity index (χ2n) is 8.26. The summed E-state index contributed by atoms with van der Waals surface area (Å²) in [6.07, 6.45) is 3.69. The molecule has 8 heteroatoms. The van der Waals surface area contributed by atoms with Crippen LogP contribution in [0.5, 0.6) is 0 Å². The van der Waals surface area contributed by atoms with Gasteiger partial charge in [0.1, 0.15) is 5.82 Å². The van der Waals surface area contributed by atoms with Crippen LogP contribution in [-0.4, -0.2) is 56.3 Å². The normalized spacial score (nSPS) is 21.6. The van der Waals surface area contributed by atoms with Crippen LogP contribution in [0.15, 0.2) is 40.2 Å². The predicted octanol–water partition coefficient (Wildman–Crippen LogP) is 1.33. The fourth-order valence-electron chi connectivity index (χ4n) is 4.42. The minimum absolute atomic E-state index is 0.130. The van der Waals surface area contributed by atoms with E-state index in [1.807, 2.05) is 29.6 Å². The number of aromatic nitrogens is 2. The lowest BCUT2D eigenvalue weighted by molar-refractivity contribution is 0.278. The molecular formula is C20H26N4O3S. The molecule has 1 saturated heterocycles. The Bertz CT molecular complexity index is 1040. The van der Waals surface area contributed by atoms with Crippen LogP contribution >= 0.6 is 0 Å². The number of hydrogen-bond donors (Lipinski definition) is 0. The summed E-state index contributed by atoms with van der Waals surface area (Å²) in [7, 11) is 0.695. The van der Waals surface area contributed by atoms with E-state index in [2.05, 4.69) is 16.0 Å². The Morgan fingerprint density at radius 2 is 1.93 bits per heavy atom. The summed E-state index contributed by atoms with van der Waals surface area (Å²) in [5.74, 6) is 1.46. The number of nitrogens with zero attached hydrogens (tertiary/aromatic N) is 4. The monoisotopic (exact) mass is 402 g/mol. The highest BCUT2D eigenvalue weighted by Gasteiger charge is 2.35. The van der Waals surface area contributed by atoms with Crippen molar-refractivity contribution in [1.82, 2.24) is 14.5 Å². The van der Waals surface area contributed by atoms with Gasteiger partial charge >= 0.3 is 0 Å². The Kier molecular flexibility index (Phi) is 4.79. The Labute approximate surface area is 165 Å². The zero-order valence-corrected chi connectivity index (χ0v) is 17.3. The highest BCUT2D eigenvalue weighted by molar-refractivity contribution is 7.90. The quantitative estimate of drug-likeness (QED) is 0.768. The average molecular weight is 403 g/mol. The number of fused-ring (bicyclic) bond motifs is 4. The molecular weight excluding hydrogens is 376 g/mol. The number of anilines is 1. The van der Waals surface area contributed by atoms with Gasteiger partial charge in [0.05, 0.1) is 4.90 Å². The van der Waals surface area contributed by atoms with Crippen molar-refractivity contribution < 1.29 is 8.42 Å². The SMILES string of the molecule is CN(C)Cc1ccc2n(c1=O)C[C@H]1C[C@@H]2CN(c2ccc(S(C)(=O)=O)cn2)C1. The van der Waals surface area contributed by atoms with E-state index in [1.165, 1.54) is 12.5 Å². The van der Waals surface area contributed by atoms with Gasteiger partial charge < -0.3 is 14.4 Å². The standard InChI is InChI=1S/C20H26N4O3S/c1-22(2)12-15-4-6-18-16-8-14(11-24(18)20(15)25)10-23(13-16)19-7-5-17(9-21-19)28(3,26)27/h4-7,9,14,16H,8,10-13H2,1-3H3/t14-,16+/m0/s1. The molecule has 0 radical (unpaired) electrons. The largest absolute Gasteiger partial charge is 0.356 e. The Morgan fingerprint density at radius 1 is 1.14 bits per heavy atom. The van der Waals surface area contributed by atoms with Gasteiger partial charge in [0.15, 0.2) is 9.84 Å².